The molecule has 2 N–H and O–H groups in total. The molecule has 6 nitrogen and oxygen atoms in total. The standard InChI is InChI=1S/C37H60N2O4S/c1-23-27-10-14-36(5)28-11-16-37(38-17-18-39-21-25-19-24(39)22-44-25)13-6-7-29(37)26(28)8-9-31(36)35(27,4)15-12-30(23)43-32(40)20-34(2,3)33(41)42/h23-31,38H,6-22H2,1-5H3,(H,41,42)/t23?,24?,25?,26?,27?,28?,29-,30?,31?,35?,36?,37?/m1/s1. The summed E-state index contributed by atoms with van der Waals surface area (Å²) in [5, 5.41) is 14.7. The van der Waals surface area contributed by atoms with Crippen molar-refractivity contribution < 1.29 is 19.4 Å². The van der Waals surface area contributed by atoms with Crippen molar-refractivity contribution in [3.8, 4) is 0 Å². The van der Waals surface area contributed by atoms with Crippen LogP contribution in [0.15, 0.2) is 0 Å². The number of carbonyl (C=O) groups is 2. The molecule has 5 aliphatic carbocycles. The van der Waals surface area contributed by atoms with Gasteiger partial charge in [0, 0.05) is 42.2 Å². The van der Waals surface area contributed by atoms with Crippen LogP contribution in [-0.4, -0.2) is 70.3 Å². The molecule has 0 aromatic rings. The highest BCUT2D eigenvalue weighted by atomic mass is 32.2. The molecule has 44 heavy (non-hydrogen) atoms. The summed E-state index contributed by atoms with van der Waals surface area (Å²) in [7, 11) is 0. The summed E-state index contributed by atoms with van der Waals surface area (Å²) in [6.45, 7) is 14.6. The molecule has 2 saturated heterocycles. The lowest BCUT2D eigenvalue weighted by Crippen LogP contribution is -2.64. The zero-order valence-electron chi connectivity index (χ0n) is 28.2. The molecule has 5 saturated carbocycles. The van der Waals surface area contributed by atoms with E-state index < -0.39 is 11.4 Å². The lowest BCUT2D eigenvalue weighted by atomic mass is 9.38. The van der Waals surface area contributed by atoms with Crippen molar-refractivity contribution in [2.75, 3.05) is 25.4 Å². The second kappa shape index (κ2) is 11.4. The maximum atomic E-state index is 12.8. The van der Waals surface area contributed by atoms with E-state index in [0.29, 0.717) is 28.2 Å². The molecular formula is C37H60N2O4S. The van der Waals surface area contributed by atoms with Crippen molar-refractivity contribution in [3.05, 3.63) is 0 Å². The topological polar surface area (TPSA) is 78.9 Å². The van der Waals surface area contributed by atoms with Gasteiger partial charge in [0.05, 0.1) is 11.8 Å². The molecule has 0 aromatic carbocycles. The molecule has 248 valence electrons. The second-order valence-electron chi connectivity index (χ2n) is 17.8. The molecule has 0 amide bonds. The smallest absolute Gasteiger partial charge is 0.309 e. The first-order chi connectivity index (χ1) is 20.9. The van der Waals surface area contributed by atoms with Gasteiger partial charge < -0.3 is 15.2 Å². The van der Waals surface area contributed by atoms with Crippen molar-refractivity contribution in [1.29, 1.82) is 0 Å². The Kier molecular flexibility index (Phi) is 8.25. The van der Waals surface area contributed by atoms with E-state index in [4.69, 9.17) is 4.74 Å². The van der Waals surface area contributed by atoms with E-state index in [1.807, 2.05) is 0 Å². The van der Waals surface area contributed by atoms with Crippen LogP contribution in [0.25, 0.3) is 0 Å². The zero-order valence-corrected chi connectivity index (χ0v) is 29.1. The van der Waals surface area contributed by atoms with Crippen LogP contribution in [0, 0.1) is 51.8 Å². The third kappa shape index (κ3) is 5.11. The van der Waals surface area contributed by atoms with Crippen molar-refractivity contribution in [1.82, 2.24) is 10.2 Å². The Balaban J connectivity index is 1.00. The fourth-order valence-electron chi connectivity index (χ4n) is 13.1. The molecule has 0 aromatic heterocycles. The molecule has 2 heterocycles. The fraction of sp³-hybridized carbons (Fsp3) is 0.946. The van der Waals surface area contributed by atoms with E-state index >= 15 is 0 Å². The first-order valence-electron chi connectivity index (χ1n) is 18.4. The van der Waals surface area contributed by atoms with Gasteiger partial charge in [0.2, 0.25) is 0 Å². The van der Waals surface area contributed by atoms with Gasteiger partial charge in [-0.3, -0.25) is 14.5 Å². The Morgan fingerprint density at radius 3 is 2.45 bits per heavy atom. The predicted molar refractivity (Wildman–Crippen MR) is 176 cm³/mol. The van der Waals surface area contributed by atoms with E-state index in [1.54, 1.807) is 13.8 Å². The number of fused-ring (bicyclic) bond motifs is 9. The molecule has 7 rings (SSSR count). The number of carboxylic acid groups (broad SMARTS) is 1. The maximum Gasteiger partial charge on any atom is 0.309 e. The van der Waals surface area contributed by atoms with Crippen molar-refractivity contribution in [2.24, 2.45) is 51.8 Å². The number of likely N-dealkylation sites (tertiary alicyclic amines) is 1. The highest BCUT2D eigenvalue weighted by molar-refractivity contribution is 8.00. The number of hydrogen-bond acceptors (Lipinski definition) is 6. The highest BCUT2D eigenvalue weighted by Gasteiger charge is 2.65. The van der Waals surface area contributed by atoms with Crippen LogP contribution in [-0.2, 0) is 14.3 Å². The Hall–Kier alpha value is -0.790. The van der Waals surface area contributed by atoms with Gasteiger partial charge in [0.15, 0.2) is 0 Å². The van der Waals surface area contributed by atoms with Gasteiger partial charge in [-0.2, -0.15) is 11.8 Å². The first-order valence-corrected chi connectivity index (χ1v) is 19.4. The van der Waals surface area contributed by atoms with Crippen LogP contribution >= 0.6 is 11.8 Å². The van der Waals surface area contributed by atoms with E-state index in [9.17, 15) is 14.7 Å². The average Bonchev–Trinajstić information content (AvgIpc) is 3.70. The van der Waals surface area contributed by atoms with Crippen molar-refractivity contribution >= 4 is 23.7 Å². The molecule has 11 unspecified atom stereocenters. The first kappa shape index (κ1) is 31.8. The number of nitrogens with zero attached hydrogens (tertiary/aromatic N) is 1. The SMILES string of the molecule is CC1C(OC(=O)CC(C)(C)C(=O)O)CCC2(C)C1CCC1(C)C3CCC4(NCCN5CC6CC5CS6)CCC[C@@H]4C3CCC21. The van der Waals surface area contributed by atoms with Crippen LogP contribution in [0.1, 0.15) is 118 Å². The van der Waals surface area contributed by atoms with E-state index in [2.05, 4.69) is 42.7 Å². The van der Waals surface area contributed by atoms with E-state index in [1.165, 1.54) is 89.6 Å². The molecule has 0 radical (unpaired) electrons. The third-order valence-electron chi connectivity index (χ3n) is 15.4. The third-order valence-corrected chi connectivity index (χ3v) is 16.8. The molecule has 2 aliphatic heterocycles. The highest BCUT2D eigenvalue weighted by Crippen LogP contribution is 2.70. The molecule has 2 bridgehead atoms. The summed E-state index contributed by atoms with van der Waals surface area (Å²) in [4.78, 5) is 27.2. The minimum absolute atomic E-state index is 0.0623. The predicted octanol–water partition coefficient (Wildman–Crippen LogP) is 7.01. The van der Waals surface area contributed by atoms with Gasteiger partial charge in [-0.25, -0.2) is 0 Å². The zero-order chi connectivity index (χ0) is 31.1. The summed E-state index contributed by atoms with van der Waals surface area (Å²) < 4.78 is 6.05. The second-order valence-corrected chi connectivity index (χ2v) is 19.1. The number of nitrogens with one attached hydrogen (secondary N) is 1. The maximum absolute atomic E-state index is 12.8. The molecule has 7 heteroatoms. The number of ether oxygens (including phenoxy) is 1. The summed E-state index contributed by atoms with van der Waals surface area (Å²) in [6.07, 6.45) is 15.7. The molecule has 0 spiro atoms. The number of hydrogen-bond donors (Lipinski definition) is 2. The Morgan fingerprint density at radius 2 is 1.73 bits per heavy atom. The molecular weight excluding hydrogens is 568 g/mol. The Bertz CT molecular complexity index is 1130. The Labute approximate surface area is 270 Å². The minimum atomic E-state index is -1.09. The summed E-state index contributed by atoms with van der Waals surface area (Å²) in [6, 6.07) is 0.847. The average molecular weight is 629 g/mol. The number of thioether (sulfide) groups is 1. The van der Waals surface area contributed by atoms with Gasteiger partial charge in [0.25, 0.3) is 0 Å². The molecule has 7 fully saturated rings. The number of rotatable bonds is 8. The number of carboxylic acids is 1. The van der Waals surface area contributed by atoms with Crippen LogP contribution in [0.4, 0.5) is 0 Å². The summed E-state index contributed by atoms with van der Waals surface area (Å²) in [5.41, 5.74) is 0.0270. The van der Waals surface area contributed by atoms with Crippen molar-refractivity contribution in [3.63, 3.8) is 0 Å². The summed E-state index contributed by atoms with van der Waals surface area (Å²) >= 11 is 2.20. The lowest BCUT2D eigenvalue weighted by Gasteiger charge is -2.68. The summed E-state index contributed by atoms with van der Waals surface area (Å²) in [5.74, 6) is 4.33. The normalized spacial score (nSPS) is 48.2. The largest absolute Gasteiger partial charge is 0.481 e. The quantitative estimate of drug-likeness (QED) is 0.280. The monoisotopic (exact) mass is 628 g/mol. The van der Waals surface area contributed by atoms with Gasteiger partial charge in [-0.05, 0) is 131 Å². The van der Waals surface area contributed by atoms with Gasteiger partial charge in [0.1, 0.15) is 6.10 Å². The Morgan fingerprint density at radius 1 is 0.977 bits per heavy atom. The number of carbonyl (C=O) groups excluding carboxylic acids is 1. The van der Waals surface area contributed by atoms with Gasteiger partial charge in [-0.15, -0.1) is 0 Å². The van der Waals surface area contributed by atoms with E-state index in [-0.39, 0.29) is 18.5 Å². The number of esters is 1. The van der Waals surface area contributed by atoms with Crippen LogP contribution in [0.5, 0.6) is 0 Å². The fourth-order valence-corrected chi connectivity index (χ4v) is 14.6. The molecule has 7 aliphatic rings. The minimum Gasteiger partial charge on any atom is -0.481 e. The number of aliphatic carboxylic acids is 1. The van der Waals surface area contributed by atoms with Crippen LogP contribution in [0.2, 0.25) is 0 Å². The lowest BCUT2D eigenvalue weighted by molar-refractivity contribution is -0.199. The van der Waals surface area contributed by atoms with Crippen LogP contribution in [0.3, 0.4) is 0 Å². The van der Waals surface area contributed by atoms with Gasteiger partial charge >= 0.3 is 11.9 Å². The van der Waals surface area contributed by atoms with E-state index in [0.717, 1.165) is 47.8 Å². The van der Waals surface area contributed by atoms with Crippen LogP contribution < -0.4 is 5.32 Å². The molecule has 12 atom stereocenters. The van der Waals surface area contributed by atoms with Crippen molar-refractivity contribution in [2.45, 2.75) is 141 Å². The van der Waals surface area contributed by atoms with Gasteiger partial charge in [-0.1, -0.05) is 27.2 Å².